The number of amides is 2. The molecule has 26 heavy (non-hydrogen) atoms. The van der Waals surface area contributed by atoms with E-state index in [4.69, 9.17) is 10.00 Å². The first-order valence-electron chi connectivity index (χ1n) is 8.35. The number of rotatable bonds is 7. The predicted octanol–water partition coefficient (Wildman–Crippen LogP) is 3.34. The molecule has 0 aromatic heterocycles. The average Bonchev–Trinajstić information content (AvgIpc) is 2.64. The second-order valence-electron chi connectivity index (χ2n) is 5.56. The van der Waals surface area contributed by atoms with E-state index >= 15 is 0 Å². The van der Waals surface area contributed by atoms with E-state index in [2.05, 4.69) is 5.32 Å². The van der Waals surface area contributed by atoms with Crippen molar-refractivity contribution >= 4 is 23.2 Å². The van der Waals surface area contributed by atoms with Crippen molar-refractivity contribution < 1.29 is 14.3 Å². The van der Waals surface area contributed by atoms with Crippen LogP contribution in [-0.4, -0.2) is 25.0 Å². The Morgan fingerprint density at radius 2 is 1.85 bits per heavy atom. The Kier molecular flexibility index (Phi) is 6.75. The zero-order valence-corrected chi connectivity index (χ0v) is 14.9. The Morgan fingerprint density at radius 1 is 1.15 bits per heavy atom. The summed E-state index contributed by atoms with van der Waals surface area (Å²) in [7, 11) is 0. The molecule has 0 heterocycles. The predicted molar refractivity (Wildman–Crippen MR) is 100 cm³/mol. The lowest BCUT2D eigenvalue weighted by Crippen LogP contribution is -2.32. The first-order valence-corrected chi connectivity index (χ1v) is 8.35. The van der Waals surface area contributed by atoms with Gasteiger partial charge in [-0.25, -0.2) is 0 Å². The van der Waals surface area contributed by atoms with E-state index in [0.717, 1.165) is 0 Å². The standard InChI is InChI=1S/C20H21N3O3/c1-3-26-19-7-5-4-6-18(19)22-20(25)12-13-23(15(2)24)17-10-8-16(14-21)9-11-17/h4-11H,3,12-13H2,1-2H3,(H,22,25). The maximum Gasteiger partial charge on any atom is 0.226 e. The van der Waals surface area contributed by atoms with Gasteiger partial charge >= 0.3 is 0 Å². The molecule has 134 valence electrons. The van der Waals surface area contributed by atoms with E-state index < -0.39 is 0 Å². The Bertz CT molecular complexity index is 810. The number of ether oxygens (including phenoxy) is 1. The molecule has 0 fully saturated rings. The van der Waals surface area contributed by atoms with E-state index in [9.17, 15) is 9.59 Å². The van der Waals surface area contributed by atoms with Crippen LogP contribution in [0.3, 0.4) is 0 Å². The third-order valence-electron chi connectivity index (χ3n) is 3.71. The van der Waals surface area contributed by atoms with E-state index in [1.807, 2.05) is 25.1 Å². The third kappa shape index (κ3) is 5.08. The molecule has 0 bridgehead atoms. The highest BCUT2D eigenvalue weighted by Crippen LogP contribution is 2.24. The third-order valence-corrected chi connectivity index (χ3v) is 3.71. The Hall–Kier alpha value is -3.33. The van der Waals surface area contributed by atoms with Gasteiger partial charge in [-0.15, -0.1) is 0 Å². The molecule has 2 aromatic carbocycles. The minimum atomic E-state index is -0.211. The molecular weight excluding hydrogens is 330 g/mol. The van der Waals surface area contributed by atoms with Gasteiger partial charge in [0.2, 0.25) is 11.8 Å². The zero-order valence-electron chi connectivity index (χ0n) is 14.9. The highest BCUT2D eigenvalue weighted by atomic mass is 16.5. The van der Waals surface area contributed by atoms with Crippen molar-refractivity contribution in [2.24, 2.45) is 0 Å². The molecule has 6 heteroatoms. The molecule has 0 aliphatic carbocycles. The molecule has 1 N–H and O–H groups in total. The summed E-state index contributed by atoms with van der Waals surface area (Å²) in [5.41, 5.74) is 1.77. The summed E-state index contributed by atoms with van der Waals surface area (Å²) >= 11 is 0. The van der Waals surface area contributed by atoms with E-state index in [-0.39, 0.29) is 24.8 Å². The number of carbonyl (C=O) groups is 2. The van der Waals surface area contributed by atoms with E-state index in [1.54, 1.807) is 36.4 Å². The summed E-state index contributed by atoms with van der Waals surface area (Å²) in [6.45, 7) is 4.06. The summed E-state index contributed by atoms with van der Waals surface area (Å²) in [5, 5.41) is 11.7. The molecule has 0 unspecified atom stereocenters. The van der Waals surface area contributed by atoms with Gasteiger partial charge < -0.3 is 15.0 Å². The minimum absolute atomic E-state index is 0.139. The summed E-state index contributed by atoms with van der Waals surface area (Å²) in [5.74, 6) is 0.230. The van der Waals surface area contributed by atoms with Gasteiger partial charge in [-0.3, -0.25) is 9.59 Å². The maximum absolute atomic E-state index is 12.3. The van der Waals surface area contributed by atoms with Gasteiger partial charge in [0, 0.05) is 25.6 Å². The molecule has 0 aliphatic heterocycles. The van der Waals surface area contributed by atoms with E-state index in [0.29, 0.717) is 29.3 Å². The van der Waals surface area contributed by atoms with Crippen molar-refractivity contribution in [3.05, 3.63) is 54.1 Å². The highest BCUT2D eigenvalue weighted by molar-refractivity contribution is 5.95. The molecule has 0 saturated heterocycles. The number of benzene rings is 2. The molecule has 0 radical (unpaired) electrons. The topological polar surface area (TPSA) is 82.4 Å². The zero-order chi connectivity index (χ0) is 18.9. The van der Waals surface area contributed by atoms with Gasteiger partial charge in [0.25, 0.3) is 0 Å². The quantitative estimate of drug-likeness (QED) is 0.829. The van der Waals surface area contributed by atoms with Gasteiger partial charge in [0.05, 0.1) is 23.9 Å². The van der Waals surface area contributed by atoms with Gasteiger partial charge in [0.15, 0.2) is 0 Å². The number of nitriles is 1. The molecule has 0 saturated carbocycles. The first kappa shape index (κ1) is 19.0. The monoisotopic (exact) mass is 351 g/mol. The molecule has 2 amide bonds. The van der Waals surface area contributed by atoms with Crippen LogP contribution in [0.4, 0.5) is 11.4 Å². The van der Waals surface area contributed by atoms with Crippen molar-refractivity contribution in [3.8, 4) is 11.8 Å². The van der Waals surface area contributed by atoms with Crippen molar-refractivity contribution in [2.45, 2.75) is 20.3 Å². The van der Waals surface area contributed by atoms with Gasteiger partial charge in [0.1, 0.15) is 5.75 Å². The number of anilines is 2. The number of nitrogens with one attached hydrogen (secondary N) is 1. The fourth-order valence-corrected chi connectivity index (χ4v) is 2.46. The molecule has 0 spiro atoms. The summed E-state index contributed by atoms with van der Waals surface area (Å²) < 4.78 is 5.49. The Balaban J connectivity index is 2.01. The number of hydrogen-bond donors (Lipinski definition) is 1. The smallest absolute Gasteiger partial charge is 0.226 e. The van der Waals surface area contributed by atoms with Crippen LogP contribution in [0.15, 0.2) is 48.5 Å². The second kappa shape index (κ2) is 9.23. The lowest BCUT2D eigenvalue weighted by atomic mass is 10.2. The number of para-hydroxylation sites is 2. The van der Waals surface area contributed by atoms with Crippen LogP contribution in [0.1, 0.15) is 25.8 Å². The fourth-order valence-electron chi connectivity index (χ4n) is 2.46. The summed E-state index contributed by atoms with van der Waals surface area (Å²) in [4.78, 5) is 25.7. The molecule has 0 aliphatic rings. The van der Waals surface area contributed by atoms with Gasteiger partial charge in [-0.2, -0.15) is 5.26 Å². The molecule has 2 rings (SSSR count). The van der Waals surface area contributed by atoms with Crippen molar-refractivity contribution in [2.75, 3.05) is 23.4 Å². The van der Waals surface area contributed by atoms with Crippen LogP contribution in [-0.2, 0) is 9.59 Å². The highest BCUT2D eigenvalue weighted by Gasteiger charge is 2.14. The minimum Gasteiger partial charge on any atom is -0.492 e. The Morgan fingerprint density at radius 3 is 2.46 bits per heavy atom. The molecule has 6 nitrogen and oxygen atoms in total. The van der Waals surface area contributed by atoms with Crippen molar-refractivity contribution in [3.63, 3.8) is 0 Å². The van der Waals surface area contributed by atoms with E-state index in [1.165, 1.54) is 11.8 Å². The summed E-state index contributed by atoms with van der Waals surface area (Å²) in [6.07, 6.45) is 0.139. The molecule has 2 aromatic rings. The van der Waals surface area contributed by atoms with Crippen LogP contribution in [0.2, 0.25) is 0 Å². The second-order valence-corrected chi connectivity index (χ2v) is 5.56. The fraction of sp³-hybridized carbons (Fsp3) is 0.250. The molecular formula is C20H21N3O3. The van der Waals surface area contributed by atoms with Crippen LogP contribution in [0.5, 0.6) is 5.75 Å². The SMILES string of the molecule is CCOc1ccccc1NC(=O)CCN(C(C)=O)c1ccc(C#N)cc1. The Labute approximate surface area is 153 Å². The number of carbonyl (C=O) groups excluding carboxylic acids is 2. The summed E-state index contributed by atoms with van der Waals surface area (Å²) in [6, 6.07) is 15.9. The molecule has 0 atom stereocenters. The number of hydrogen-bond acceptors (Lipinski definition) is 4. The lowest BCUT2D eigenvalue weighted by molar-refractivity contribution is -0.117. The van der Waals surface area contributed by atoms with Crippen molar-refractivity contribution in [1.82, 2.24) is 0 Å². The normalized spacial score (nSPS) is 9.88. The van der Waals surface area contributed by atoms with Gasteiger partial charge in [-0.1, -0.05) is 12.1 Å². The maximum atomic E-state index is 12.3. The first-order chi connectivity index (χ1) is 12.5. The lowest BCUT2D eigenvalue weighted by Gasteiger charge is -2.21. The largest absolute Gasteiger partial charge is 0.492 e. The van der Waals surface area contributed by atoms with Crippen LogP contribution in [0, 0.1) is 11.3 Å². The number of nitrogens with zero attached hydrogens (tertiary/aromatic N) is 2. The van der Waals surface area contributed by atoms with Crippen LogP contribution < -0.4 is 15.0 Å². The average molecular weight is 351 g/mol. The van der Waals surface area contributed by atoms with Crippen LogP contribution in [0.25, 0.3) is 0 Å². The van der Waals surface area contributed by atoms with Crippen molar-refractivity contribution in [1.29, 1.82) is 5.26 Å². The van der Waals surface area contributed by atoms with Crippen LogP contribution >= 0.6 is 0 Å². The van der Waals surface area contributed by atoms with Gasteiger partial charge in [-0.05, 0) is 43.3 Å².